The number of fused-ring (bicyclic) bond motifs is 1. The van der Waals surface area contributed by atoms with Gasteiger partial charge >= 0.3 is 0 Å². The molecule has 2 fully saturated rings. The molecular formula is C26H38N2O2. The molecule has 2 aliphatic rings. The summed E-state index contributed by atoms with van der Waals surface area (Å²) in [5, 5.41) is 8.51. The molecule has 0 bridgehead atoms. The number of carbonyl (C=O) groups excluding carboxylic acids is 2. The third-order valence-corrected chi connectivity index (χ3v) is 5.68. The van der Waals surface area contributed by atoms with Gasteiger partial charge in [-0.1, -0.05) is 87.1 Å². The molecule has 2 aliphatic carbocycles. The maximum Gasteiger partial charge on any atom is 0.217 e. The Morgan fingerprint density at radius 1 is 0.600 bits per heavy atom. The maximum absolute atomic E-state index is 10.6. The summed E-state index contributed by atoms with van der Waals surface area (Å²) in [6.45, 7) is 3.18. The predicted molar refractivity (Wildman–Crippen MR) is 125 cm³/mol. The summed E-state index contributed by atoms with van der Waals surface area (Å²) in [5.41, 5.74) is 0. The fourth-order valence-electron chi connectivity index (χ4n) is 4.20. The number of amides is 2. The van der Waals surface area contributed by atoms with Crippen LogP contribution < -0.4 is 10.6 Å². The summed E-state index contributed by atoms with van der Waals surface area (Å²) in [4.78, 5) is 21.2. The second-order valence-corrected chi connectivity index (χ2v) is 8.42. The molecular weight excluding hydrogens is 372 g/mol. The topological polar surface area (TPSA) is 58.2 Å². The van der Waals surface area contributed by atoms with Crippen molar-refractivity contribution in [2.75, 3.05) is 0 Å². The van der Waals surface area contributed by atoms with E-state index in [2.05, 4.69) is 59.2 Å². The first-order valence-electron chi connectivity index (χ1n) is 11.5. The smallest absolute Gasteiger partial charge is 0.217 e. The van der Waals surface area contributed by atoms with E-state index >= 15 is 0 Å². The molecule has 0 radical (unpaired) electrons. The minimum absolute atomic E-state index is 0.118. The van der Waals surface area contributed by atoms with Crippen molar-refractivity contribution in [2.24, 2.45) is 0 Å². The lowest BCUT2D eigenvalue weighted by molar-refractivity contribution is -0.120. The van der Waals surface area contributed by atoms with Crippen molar-refractivity contribution in [3.63, 3.8) is 0 Å². The van der Waals surface area contributed by atoms with Gasteiger partial charge in [0.2, 0.25) is 11.8 Å². The molecule has 2 aromatic carbocycles. The SMILES string of the molecule is CC(=O)NC1CCCCC1.CC(=O)NC1CCCCC1.c1ccc2ccccc2c1. The summed E-state index contributed by atoms with van der Waals surface area (Å²) >= 11 is 0. The van der Waals surface area contributed by atoms with Gasteiger partial charge in [-0.3, -0.25) is 9.59 Å². The molecule has 0 unspecified atom stereocenters. The van der Waals surface area contributed by atoms with E-state index in [0.29, 0.717) is 12.1 Å². The Hall–Kier alpha value is -2.36. The van der Waals surface area contributed by atoms with E-state index in [1.165, 1.54) is 75.0 Å². The van der Waals surface area contributed by atoms with Gasteiger partial charge in [-0.2, -0.15) is 0 Å². The van der Waals surface area contributed by atoms with E-state index in [4.69, 9.17) is 0 Å². The van der Waals surface area contributed by atoms with Crippen molar-refractivity contribution in [2.45, 2.75) is 90.1 Å². The fraction of sp³-hybridized carbons (Fsp3) is 0.538. The molecule has 164 valence electrons. The van der Waals surface area contributed by atoms with E-state index in [1.54, 1.807) is 13.8 Å². The number of hydrogen-bond acceptors (Lipinski definition) is 2. The summed E-state index contributed by atoms with van der Waals surface area (Å²) in [6.07, 6.45) is 12.5. The number of hydrogen-bond donors (Lipinski definition) is 2. The maximum atomic E-state index is 10.6. The Kier molecular flexibility index (Phi) is 11.0. The molecule has 4 rings (SSSR count). The standard InChI is InChI=1S/C10H8.2C8H15NO/c1-2-6-10-8-4-3-7-9(10)5-1;2*1-7(10)9-8-5-3-2-4-6-8/h1-8H;2*8H,2-6H2,1H3,(H,9,10). The lowest BCUT2D eigenvalue weighted by atomic mass is 9.95. The highest BCUT2D eigenvalue weighted by molar-refractivity contribution is 5.82. The monoisotopic (exact) mass is 410 g/mol. The predicted octanol–water partition coefficient (Wildman–Crippen LogP) is 5.75. The van der Waals surface area contributed by atoms with E-state index in [9.17, 15) is 9.59 Å². The second kappa shape index (κ2) is 13.8. The van der Waals surface area contributed by atoms with Crippen LogP contribution in [0.4, 0.5) is 0 Å². The Morgan fingerprint density at radius 3 is 1.17 bits per heavy atom. The molecule has 2 N–H and O–H groups in total. The van der Waals surface area contributed by atoms with Crippen LogP contribution in [0.5, 0.6) is 0 Å². The zero-order valence-electron chi connectivity index (χ0n) is 18.7. The van der Waals surface area contributed by atoms with Gasteiger partial charge < -0.3 is 10.6 Å². The first kappa shape index (κ1) is 23.9. The lowest BCUT2D eigenvalue weighted by Crippen LogP contribution is -2.34. The minimum Gasteiger partial charge on any atom is -0.354 e. The first-order chi connectivity index (χ1) is 14.5. The summed E-state index contributed by atoms with van der Waals surface area (Å²) in [7, 11) is 0. The highest BCUT2D eigenvalue weighted by atomic mass is 16.2. The third kappa shape index (κ3) is 9.91. The van der Waals surface area contributed by atoms with E-state index in [-0.39, 0.29) is 11.8 Å². The van der Waals surface area contributed by atoms with E-state index in [1.807, 2.05) is 0 Å². The van der Waals surface area contributed by atoms with Crippen molar-refractivity contribution >= 4 is 22.6 Å². The van der Waals surface area contributed by atoms with Crippen molar-refractivity contribution in [1.82, 2.24) is 10.6 Å². The van der Waals surface area contributed by atoms with Crippen LogP contribution in [0.3, 0.4) is 0 Å². The normalized spacial score (nSPS) is 17.0. The van der Waals surface area contributed by atoms with E-state index < -0.39 is 0 Å². The van der Waals surface area contributed by atoms with E-state index in [0.717, 1.165) is 0 Å². The van der Waals surface area contributed by atoms with Gasteiger partial charge in [-0.15, -0.1) is 0 Å². The van der Waals surface area contributed by atoms with Crippen molar-refractivity contribution < 1.29 is 9.59 Å². The zero-order chi connectivity index (χ0) is 21.6. The average molecular weight is 411 g/mol. The molecule has 0 aliphatic heterocycles. The number of rotatable bonds is 2. The number of nitrogens with one attached hydrogen (secondary N) is 2. The van der Waals surface area contributed by atoms with Crippen molar-refractivity contribution in [1.29, 1.82) is 0 Å². The highest BCUT2D eigenvalue weighted by Gasteiger charge is 2.13. The minimum atomic E-state index is 0.118. The van der Waals surface area contributed by atoms with Gasteiger partial charge in [-0.25, -0.2) is 0 Å². The van der Waals surface area contributed by atoms with Gasteiger partial charge in [0.05, 0.1) is 0 Å². The number of benzene rings is 2. The fourth-order valence-corrected chi connectivity index (χ4v) is 4.20. The number of carbonyl (C=O) groups is 2. The molecule has 0 saturated heterocycles. The van der Waals surface area contributed by atoms with Crippen LogP contribution in [0.2, 0.25) is 0 Å². The highest BCUT2D eigenvalue weighted by Crippen LogP contribution is 2.17. The largest absolute Gasteiger partial charge is 0.354 e. The van der Waals surface area contributed by atoms with Gasteiger partial charge in [-0.05, 0) is 36.5 Å². The second-order valence-electron chi connectivity index (χ2n) is 8.42. The Bertz CT molecular complexity index is 667. The molecule has 0 atom stereocenters. The van der Waals surface area contributed by atoms with Crippen LogP contribution in [0.25, 0.3) is 10.8 Å². The van der Waals surface area contributed by atoms with Gasteiger partial charge in [0.15, 0.2) is 0 Å². The average Bonchev–Trinajstić information content (AvgIpc) is 2.75. The van der Waals surface area contributed by atoms with Crippen molar-refractivity contribution in [3.05, 3.63) is 48.5 Å². The van der Waals surface area contributed by atoms with Gasteiger partial charge in [0.25, 0.3) is 0 Å². The Labute approximate surface area is 181 Å². The van der Waals surface area contributed by atoms with Crippen LogP contribution >= 0.6 is 0 Å². The summed E-state index contributed by atoms with van der Waals surface area (Å²) in [5.74, 6) is 0.235. The van der Waals surface area contributed by atoms with Crippen LogP contribution in [0.15, 0.2) is 48.5 Å². The van der Waals surface area contributed by atoms with Crippen molar-refractivity contribution in [3.8, 4) is 0 Å². The Morgan fingerprint density at radius 2 is 0.900 bits per heavy atom. The van der Waals surface area contributed by atoms with Crippen LogP contribution in [0, 0.1) is 0 Å². The molecule has 0 aromatic heterocycles. The van der Waals surface area contributed by atoms with Crippen LogP contribution in [0.1, 0.15) is 78.1 Å². The molecule has 4 nitrogen and oxygen atoms in total. The summed E-state index contributed by atoms with van der Waals surface area (Å²) < 4.78 is 0. The molecule has 0 heterocycles. The van der Waals surface area contributed by atoms with Gasteiger partial charge in [0.1, 0.15) is 0 Å². The molecule has 0 spiro atoms. The first-order valence-corrected chi connectivity index (χ1v) is 11.5. The molecule has 30 heavy (non-hydrogen) atoms. The third-order valence-electron chi connectivity index (χ3n) is 5.68. The van der Waals surface area contributed by atoms with Gasteiger partial charge in [0, 0.05) is 25.9 Å². The quantitative estimate of drug-likeness (QED) is 0.662. The van der Waals surface area contributed by atoms with Crippen LogP contribution in [-0.2, 0) is 9.59 Å². The zero-order valence-corrected chi connectivity index (χ0v) is 18.7. The molecule has 2 saturated carbocycles. The lowest BCUT2D eigenvalue weighted by Gasteiger charge is -2.21. The Balaban J connectivity index is 0.000000160. The molecule has 2 aromatic rings. The molecule has 2 amide bonds. The molecule has 4 heteroatoms. The van der Waals surface area contributed by atoms with Crippen LogP contribution in [-0.4, -0.2) is 23.9 Å². The summed E-state index contributed by atoms with van der Waals surface area (Å²) in [6, 6.07) is 17.7.